The number of nitrogens with zero attached hydrogens (tertiary/aromatic N) is 5. The van der Waals surface area contributed by atoms with Crippen molar-refractivity contribution in [2.75, 3.05) is 11.5 Å². The van der Waals surface area contributed by atoms with Gasteiger partial charge in [-0.2, -0.15) is 0 Å². The van der Waals surface area contributed by atoms with Crippen LogP contribution in [0.25, 0.3) is 5.82 Å². The number of thioether (sulfide) groups is 1. The molecule has 1 aliphatic rings. The molecule has 0 saturated heterocycles. The Morgan fingerprint density at radius 3 is 2.73 bits per heavy atom. The van der Waals surface area contributed by atoms with Crippen molar-refractivity contribution in [3.8, 4) is 5.82 Å². The van der Waals surface area contributed by atoms with Crippen LogP contribution in [0.3, 0.4) is 0 Å². The van der Waals surface area contributed by atoms with E-state index >= 15 is 0 Å². The number of hydrogen-bond donors (Lipinski definition) is 1. The first-order valence-corrected chi connectivity index (χ1v) is 9.43. The van der Waals surface area contributed by atoms with Crippen molar-refractivity contribution >= 4 is 23.5 Å². The third-order valence-electron chi connectivity index (χ3n) is 4.51. The highest BCUT2D eigenvalue weighted by atomic mass is 32.2. The number of nitrogen functional groups attached to an aromatic ring is 1. The zero-order chi connectivity index (χ0) is 18.4. The predicted octanol–water partition coefficient (Wildman–Crippen LogP) is 2.87. The van der Waals surface area contributed by atoms with Gasteiger partial charge in [0.2, 0.25) is 5.95 Å². The van der Waals surface area contributed by atoms with Gasteiger partial charge in [-0.25, -0.2) is 0 Å². The van der Waals surface area contributed by atoms with E-state index in [2.05, 4.69) is 15.4 Å². The highest BCUT2D eigenvalue weighted by Gasteiger charge is 2.29. The third kappa shape index (κ3) is 2.92. The molecule has 3 aromatic rings. The van der Waals surface area contributed by atoms with Crippen LogP contribution in [0.2, 0.25) is 0 Å². The summed E-state index contributed by atoms with van der Waals surface area (Å²) in [5.41, 5.74) is 8.36. The van der Waals surface area contributed by atoms with Crippen LogP contribution < -0.4 is 5.73 Å². The second-order valence-electron chi connectivity index (χ2n) is 6.57. The van der Waals surface area contributed by atoms with Crippen LogP contribution in [-0.4, -0.2) is 36.0 Å². The fourth-order valence-corrected chi connectivity index (χ4v) is 4.02. The molecule has 0 aliphatic heterocycles. The van der Waals surface area contributed by atoms with Crippen LogP contribution in [0, 0.1) is 20.8 Å². The molecule has 2 N–H and O–H groups in total. The quantitative estimate of drug-likeness (QED) is 0.524. The first-order chi connectivity index (χ1) is 12.5. The lowest BCUT2D eigenvalue weighted by molar-refractivity contribution is 0.102. The van der Waals surface area contributed by atoms with Gasteiger partial charge < -0.3 is 10.3 Å². The number of anilines is 1. The Morgan fingerprint density at radius 1 is 1.31 bits per heavy atom. The van der Waals surface area contributed by atoms with E-state index in [1.165, 1.54) is 11.8 Å². The topological polar surface area (TPSA) is 105 Å². The lowest BCUT2D eigenvalue weighted by atomic mass is 10.2. The molecule has 3 aromatic heterocycles. The van der Waals surface area contributed by atoms with Crippen LogP contribution in [0.4, 0.5) is 5.95 Å². The fourth-order valence-electron chi connectivity index (χ4n) is 3.13. The highest BCUT2D eigenvalue weighted by Crippen LogP contribution is 2.39. The summed E-state index contributed by atoms with van der Waals surface area (Å²) in [6, 6.07) is 4.12. The lowest BCUT2D eigenvalue weighted by Crippen LogP contribution is -2.07. The van der Waals surface area contributed by atoms with Gasteiger partial charge in [-0.1, -0.05) is 16.9 Å². The fraction of sp³-hybridized carbons (Fsp3) is 0.412. The Kier molecular flexibility index (Phi) is 4.10. The second-order valence-corrected chi connectivity index (χ2v) is 7.51. The van der Waals surface area contributed by atoms with Gasteiger partial charge in [-0.15, -0.1) is 10.2 Å². The molecule has 0 bridgehead atoms. The minimum atomic E-state index is 0.0403. The monoisotopic (exact) mass is 372 g/mol. The number of nitrogens with two attached hydrogens (primary N) is 1. The SMILES string of the molecule is Cc1cc(-n2c(C)cc(C(=O)CSc3nnc(N)n3C3CC3)c2C)no1. The molecule has 9 heteroatoms. The van der Waals surface area contributed by atoms with Crippen LogP contribution in [0.1, 0.15) is 46.4 Å². The van der Waals surface area contributed by atoms with Crippen molar-refractivity contribution in [2.24, 2.45) is 0 Å². The summed E-state index contributed by atoms with van der Waals surface area (Å²) in [5.74, 6) is 2.16. The molecule has 0 spiro atoms. The molecule has 4 rings (SSSR count). The smallest absolute Gasteiger partial charge is 0.222 e. The molecular weight excluding hydrogens is 352 g/mol. The van der Waals surface area contributed by atoms with Crippen molar-refractivity contribution in [3.05, 3.63) is 34.8 Å². The van der Waals surface area contributed by atoms with Crippen LogP contribution in [0.5, 0.6) is 0 Å². The van der Waals surface area contributed by atoms with Gasteiger partial charge in [0, 0.05) is 29.1 Å². The molecule has 0 unspecified atom stereocenters. The number of carbonyl (C=O) groups excluding carboxylic acids is 1. The Morgan fingerprint density at radius 2 is 2.08 bits per heavy atom. The highest BCUT2D eigenvalue weighted by molar-refractivity contribution is 7.99. The summed E-state index contributed by atoms with van der Waals surface area (Å²) >= 11 is 1.38. The molecule has 136 valence electrons. The van der Waals surface area contributed by atoms with Gasteiger partial charge >= 0.3 is 0 Å². The lowest BCUT2D eigenvalue weighted by Gasteiger charge is -2.06. The summed E-state index contributed by atoms with van der Waals surface area (Å²) in [6.07, 6.45) is 2.17. The second kappa shape index (κ2) is 6.31. The Bertz CT molecular complexity index is 982. The minimum Gasteiger partial charge on any atom is -0.368 e. The number of aryl methyl sites for hydroxylation is 2. The molecule has 0 amide bonds. The maximum atomic E-state index is 12.8. The third-order valence-corrected chi connectivity index (χ3v) is 5.45. The number of aromatic nitrogens is 5. The zero-order valence-corrected chi connectivity index (χ0v) is 15.7. The predicted molar refractivity (Wildman–Crippen MR) is 97.8 cm³/mol. The van der Waals surface area contributed by atoms with Crippen molar-refractivity contribution in [3.63, 3.8) is 0 Å². The van der Waals surface area contributed by atoms with E-state index in [9.17, 15) is 4.79 Å². The number of Topliss-reactive ketones (excluding diaryl/α,β-unsaturated/α-hetero) is 1. The van der Waals surface area contributed by atoms with Gasteiger partial charge in [0.05, 0.1) is 5.75 Å². The molecule has 1 aliphatic carbocycles. The van der Waals surface area contributed by atoms with E-state index in [1.54, 1.807) is 0 Å². The van der Waals surface area contributed by atoms with Gasteiger partial charge in [0.25, 0.3) is 0 Å². The van der Waals surface area contributed by atoms with Gasteiger partial charge in [-0.05, 0) is 39.7 Å². The first-order valence-electron chi connectivity index (χ1n) is 8.44. The molecule has 8 nitrogen and oxygen atoms in total. The largest absolute Gasteiger partial charge is 0.368 e. The Hall–Kier alpha value is -2.55. The average Bonchev–Trinajstić information content (AvgIpc) is 3.13. The van der Waals surface area contributed by atoms with E-state index in [0.29, 0.717) is 28.5 Å². The summed E-state index contributed by atoms with van der Waals surface area (Å²) < 4.78 is 9.02. The van der Waals surface area contributed by atoms with Crippen molar-refractivity contribution in [2.45, 2.75) is 44.8 Å². The standard InChI is InChI=1S/C17H20N6O2S/c1-9-6-13(11(3)22(9)15-7-10(2)25-21-15)14(24)8-26-17-20-19-16(18)23(17)12-4-5-12/h6-7,12H,4-5,8H2,1-3H3,(H2,18,19). The molecule has 1 fully saturated rings. The molecule has 26 heavy (non-hydrogen) atoms. The summed E-state index contributed by atoms with van der Waals surface area (Å²) in [5, 5.41) is 12.8. The molecule has 0 radical (unpaired) electrons. The van der Waals surface area contributed by atoms with E-state index < -0.39 is 0 Å². The van der Waals surface area contributed by atoms with Crippen LogP contribution in [-0.2, 0) is 0 Å². The minimum absolute atomic E-state index is 0.0403. The summed E-state index contributed by atoms with van der Waals surface area (Å²) in [4.78, 5) is 12.8. The van der Waals surface area contributed by atoms with Crippen LogP contribution >= 0.6 is 11.8 Å². The van der Waals surface area contributed by atoms with Crippen molar-refractivity contribution in [1.29, 1.82) is 0 Å². The molecule has 0 atom stereocenters. The number of carbonyl (C=O) groups is 1. The number of ketones is 1. The maximum Gasteiger partial charge on any atom is 0.222 e. The first kappa shape index (κ1) is 16.9. The van der Waals surface area contributed by atoms with Gasteiger partial charge in [0.1, 0.15) is 5.76 Å². The number of rotatable bonds is 6. The van der Waals surface area contributed by atoms with Gasteiger partial charge in [-0.3, -0.25) is 13.9 Å². The van der Waals surface area contributed by atoms with Crippen molar-refractivity contribution in [1.82, 2.24) is 24.5 Å². The average molecular weight is 372 g/mol. The molecular formula is C17H20N6O2S. The molecule has 0 aromatic carbocycles. The summed E-state index contributed by atoms with van der Waals surface area (Å²) in [6.45, 7) is 5.71. The Balaban J connectivity index is 1.54. The van der Waals surface area contributed by atoms with E-state index in [1.807, 2.05) is 42.0 Å². The maximum absolute atomic E-state index is 12.8. The summed E-state index contributed by atoms with van der Waals surface area (Å²) in [7, 11) is 0. The van der Waals surface area contributed by atoms with Crippen molar-refractivity contribution < 1.29 is 9.32 Å². The Labute approximate surface area is 154 Å². The van der Waals surface area contributed by atoms with E-state index in [0.717, 1.165) is 30.0 Å². The molecule has 1 saturated carbocycles. The van der Waals surface area contributed by atoms with E-state index in [-0.39, 0.29) is 11.5 Å². The number of hydrogen-bond acceptors (Lipinski definition) is 7. The van der Waals surface area contributed by atoms with Crippen LogP contribution in [0.15, 0.2) is 21.8 Å². The molecule has 3 heterocycles. The zero-order valence-electron chi connectivity index (χ0n) is 14.9. The van der Waals surface area contributed by atoms with E-state index in [4.69, 9.17) is 10.3 Å². The van der Waals surface area contributed by atoms with Gasteiger partial charge in [0.15, 0.2) is 16.8 Å². The normalized spacial score (nSPS) is 14.1.